The highest BCUT2D eigenvalue weighted by Gasteiger charge is 2.37. The molecular formula is C15H19NO3. The second kappa shape index (κ2) is 4.37. The average Bonchev–Trinajstić information content (AvgIpc) is 2.71. The van der Waals surface area contributed by atoms with Crippen LogP contribution in [-0.2, 0) is 16.0 Å². The summed E-state index contributed by atoms with van der Waals surface area (Å²) in [6, 6.07) is 0. The minimum absolute atomic E-state index is 0.0948. The smallest absolute Gasteiger partial charge is 0.221 e. The van der Waals surface area contributed by atoms with Crippen LogP contribution in [0.25, 0.3) is 0 Å². The third-order valence-corrected chi connectivity index (χ3v) is 3.79. The van der Waals surface area contributed by atoms with E-state index in [9.17, 15) is 9.59 Å². The van der Waals surface area contributed by atoms with Crippen LogP contribution in [-0.4, -0.2) is 17.8 Å². The number of hydrogen-bond donors (Lipinski definition) is 1. The van der Waals surface area contributed by atoms with Crippen LogP contribution in [0, 0.1) is 20.8 Å². The van der Waals surface area contributed by atoms with Crippen molar-refractivity contribution in [1.29, 1.82) is 0 Å². The van der Waals surface area contributed by atoms with Crippen molar-refractivity contribution in [3.63, 3.8) is 0 Å². The lowest BCUT2D eigenvalue weighted by molar-refractivity contribution is -0.119. The highest BCUT2D eigenvalue weighted by atomic mass is 16.5. The SMILES string of the molecule is CC(=O)Nc1c(C)c(C)c2c(c1C)CC(C)(C=O)O2. The molecule has 1 aliphatic heterocycles. The lowest BCUT2D eigenvalue weighted by Crippen LogP contribution is -2.31. The number of carbonyl (C=O) groups is 2. The Balaban J connectivity index is 2.61. The van der Waals surface area contributed by atoms with E-state index < -0.39 is 5.60 Å². The maximum absolute atomic E-state index is 11.3. The molecule has 1 aliphatic rings. The Kier molecular flexibility index (Phi) is 3.12. The zero-order valence-corrected chi connectivity index (χ0v) is 12.0. The molecule has 1 atom stereocenters. The van der Waals surface area contributed by atoms with Crippen molar-refractivity contribution in [3.05, 3.63) is 22.3 Å². The van der Waals surface area contributed by atoms with Crippen LogP contribution in [0.5, 0.6) is 5.75 Å². The molecular weight excluding hydrogens is 242 g/mol. The molecule has 0 fully saturated rings. The molecule has 0 spiro atoms. The molecule has 4 heteroatoms. The van der Waals surface area contributed by atoms with E-state index in [-0.39, 0.29) is 5.91 Å². The maximum atomic E-state index is 11.3. The molecule has 0 aliphatic carbocycles. The quantitative estimate of drug-likeness (QED) is 0.832. The Morgan fingerprint density at radius 1 is 1.26 bits per heavy atom. The number of anilines is 1. The van der Waals surface area contributed by atoms with Gasteiger partial charge in [0.1, 0.15) is 5.75 Å². The fourth-order valence-corrected chi connectivity index (χ4v) is 2.59. The predicted octanol–water partition coefficient (Wildman–Crippen LogP) is 2.46. The van der Waals surface area contributed by atoms with Gasteiger partial charge in [0, 0.05) is 24.6 Å². The second-order valence-corrected chi connectivity index (χ2v) is 5.45. The molecule has 0 radical (unpaired) electrons. The lowest BCUT2D eigenvalue weighted by atomic mass is 9.92. The van der Waals surface area contributed by atoms with E-state index in [0.29, 0.717) is 6.42 Å². The van der Waals surface area contributed by atoms with Crippen LogP contribution in [0.15, 0.2) is 0 Å². The van der Waals surface area contributed by atoms with Gasteiger partial charge in [0.2, 0.25) is 5.91 Å². The summed E-state index contributed by atoms with van der Waals surface area (Å²) in [7, 11) is 0. The van der Waals surface area contributed by atoms with Gasteiger partial charge >= 0.3 is 0 Å². The van der Waals surface area contributed by atoms with Gasteiger partial charge in [0.05, 0.1) is 0 Å². The van der Waals surface area contributed by atoms with E-state index >= 15 is 0 Å². The summed E-state index contributed by atoms with van der Waals surface area (Å²) >= 11 is 0. The van der Waals surface area contributed by atoms with Gasteiger partial charge < -0.3 is 10.1 Å². The number of carbonyl (C=O) groups excluding carboxylic acids is 2. The molecule has 0 saturated heterocycles. The number of nitrogens with one attached hydrogen (secondary N) is 1. The minimum atomic E-state index is -0.793. The largest absolute Gasteiger partial charge is 0.479 e. The number of aldehydes is 1. The van der Waals surface area contributed by atoms with Crippen LogP contribution < -0.4 is 10.1 Å². The summed E-state index contributed by atoms with van der Waals surface area (Å²) in [5.41, 5.74) is 4.01. The maximum Gasteiger partial charge on any atom is 0.221 e. The number of benzene rings is 1. The van der Waals surface area contributed by atoms with Crippen LogP contribution in [0.3, 0.4) is 0 Å². The summed E-state index contributed by atoms with van der Waals surface area (Å²) in [5.74, 6) is 0.696. The van der Waals surface area contributed by atoms with E-state index in [2.05, 4.69) is 5.32 Å². The van der Waals surface area contributed by atoms with Gasteiger partial charge in [-0.1, -0.05) is 0 Å². The fraction of sp³-hybridized carbons (Fsp3) is 0.467. The van der Waals surface area contributed by atoms with Gasteiger partial charge in [-0.25, -0.2) is 0 Å². The van der Waals surface area contributed by atoms with E-state index in [1.54, 1.807) is 6.92 Å². The van der Waals surface area contributed by atoms with E-state index in [1.165, 1.54) is 6.92 Å². The number of ether oxygens (including phenoxy) is 1. The summed E-state index contributed by atoms with van der Waals surface area (Å²) < 4.78 is 5.82. The zero-order valence-electron chi connectivity index (χ0n) is 12.0. The van der Waals surface area contributed by atoms with E-state index in [0.717, 1.165) is 40.0 Å². The Hall–Kier alpha value is -1.84. The third kappa shape index (κ3) is 2.11. The molecule has 1 heterocycles. The van der Waals surface area contributed by atoms with Crippen molar-refractivity contribution in [3.8, 4) is 5.75 Å². The average molecular weight is 261 g/mol. The first-order valence-corrected chi connectivity index (χ1v) is 6.34. The van der Waals surface area contributed by atoms with E-state index in [4.69, 9.17) is 4.74 Å². The van der Waals surface area contributed by atoms with Gasteiger partial charge in [0.25, 0.3) is 0 Å². The third-order valence-electron chi connectivity index (χ3n) is 3.79. The first-order valence-electron chi connectivity index (χ1n) is 6.34. The lowest BCUT2D eigenvalue weighted by Gasteiger charge is -2.18. The van der Waals surface area contributed by atoms with Crippen LogP contribution in [0.4, 0.5) is 5.69 Å². The summed E-state index contributed by atoms with van der Waals surface area (Å²) in [6.07, 6.45) is 1.39. The van der Waals surface area contributed by atoms with Crippen LogP contribution in [0.2, 0.25) is 0 Å². The minimum Gasteiger partial charge on any atom is -0.479 e. The Labute approximate surface area is 113 Å². The monoisotopic (exact) mass is 261 g/mol. The molecule has 0 saturated carbocycles. The van der Waals surface area contributed by atoms with Crippen LogP contribution >= 0.6 is 0 Å². The van der Waals surface area contributed by atoms with E-state index in [1.807, 2.05) is 20.8 Å². The highest BCUT2D eigenvalue weighted by molar-refractivity contribution is 5.91. The van der Waals surface area contributed by atoms with Gasteiger partial charge in [0.15, 0.2) is 11.9 Å². The molecule has 2 rings (SSSR count). The molecule has 1 amide bonds. The second-order valence-electron chi connectivity index (χ2n) is 5.45. The molecule has 1 N–H and O–H groups in total. The normalized spacial score (nSPS) is 20.7. The summed E-state index contributed by atoms with van der Waals surface area (Å²) in [5, 5.41) is 2.87. The molecule has 0 aromatic heterocycles. The van der Waals surface area contributed by atoms with Gasteiger partial charge in [-0.3, -0.25) is 9.59 Å². The van der Waals surface area contributed by atoms with Crippen molar-refractivity contribution in [1.82, 2.24) is 0 Å². The number of amides is 1. The van der Waals surface area contributed by atoms with Crippen LogP contribution in [0.1, 0.15) is 36.1 Å². The van der Waals surface area contributed by atoms with Gasteiger partial charge in [-0.15, -0.1) is 0 Å². The molecule has 0 bridgehead atoms. The van der Waals surface area contributed by atoms with Crippen molar-refractivity contribution < 1.29 is 14.3 Å². The Bertz CT molecular complexity index is 577. The summed E-state index contributed by atoms with van der Waals surface area (Å²) in [6.45, 7) is 9.14. The molecule has 19 heavy (non-hydrogen) atoms. The van der Waals surface area contributed by atoms with Crippen molar-refractivity contribution >= 4 is 17.9 Å². The molecule has 4 nitrogen and oxygen atoms in total. The number of fused-ring (bicyclic) bond motifs is 1. The topological polar surface area (TPSA) is 55.4 Å². The standard InChI is InChI=1S/C15H19NO3/c1-8-9(2)14-12(6-15(5,7-17)19-14)10(3)13(8)16-11(4)18/h7H,6H2,1-5H3,(H,16,18). The first kappa shape index (κ1) is 13.6. The number of rotatable bonds is 2. The Morgan fingerprint density at radius 2 is 1.89 bits per heavy atom. The number of hydrogen-bond acceptors (Lipinski definition) is 3. The summed E-state index contributed by atoms with van der Waals surface area (Å²) in [4.78, 5) is 22.5. The first-order chi connectivity index (χ1) is 8.79. The highest BCUT2D eigenvalue weighted by Crippen LogP contribution is 2.43. The van der Waals surface area contributed by atoms with Gasteiger partial charge in [-0.2, -0.15) is 0 Å². The predicted molar refractivity (Wildman–Crippen MR) is 73.8 cm³/mol. The van der Waals surface area contributed by atoms with Crippen molar-refractivity contribution in [2.24, 2.45) is 0 Å². The van der Waals surface area contributed by atoms with Crippen molar-refractivity contribution in [2.45, 2.75) is 46.6 Å². The van der Waals surface area contributed by atoms with Gasteiger partial charge in [-0.05, 0) is 44.4 Å². The van der Waals surface area contributed by atoms with Crippen molar-refractivity contribution in [2.75, 3.05) is 5.32 Å². The molecule has 1 aromatic carbocycles. The molecule has 1 unspecified atom stereocenters. The zero-order chi connectivity index (χ0) is 14.4. The molecule has 102 valence electrons. The Morgan fingerprint density at radius 3 is 2.42 bits per heavy atom. The molecule has 1 aromatic rings. The fourth-order valence-electron chi connectivity index (χ4n) is 2.59.